The van der Waals surface area contributed by atoms with Gasteiger partial charge in [0.15, 0.2) is 0 Å². The van der Waals surface area contributed by atoms with E-state index in [0.717, 1.165) is 6.07 Å². The topological polar surface area (TPSA) is 63.4 Å². The van der Waals surface area contributed by atoms with E-state index in [1.807, 2.05) is 20.8 Å². The van der Waals surface area contributed by atoms with Gasteiger partial charge < -0.3 is 5.73 Å². The molecule has 0 aliphatic heterocycles. The van der Waals surface area contributed by atoms with Crippen LogP contribution < -0.4 is 5.73 Å². The zero-order valence-electron chi connectivity index (χ0n) is 12.6. The van der Waals surface area contributed by atoms with Gasteiger partial charge in [0.2, 0.25) is 10.0 Å². The molecule has 0 aliphatic rings. The number of hydrogen-bond donors (Lipinski definition) is 1. The summed E-state index contributed by atoms with van der Waals surface area (Å²) in [6, 6.07) is 2.14. The average molecular weight is 302 g/mol. The highest BCUT2D eigenvalue weighted by Gasteiger charge is 2.29. The molecule has 1 rings (SSSR count). The molecule has 2 N–H and O–H groups in total. The summed E-state index contributed by atoms with van der Waals surface area (Å²) >= 11 is 0. The van der Waals surface area contributed by atoms with Gasteiger partial charge in [0.25, 0.3) is 0 Å². The molecule has 4 nitrogen and oxygen atoms in total. The lowest BCUT2D eigenvalue weighted by Gasteiger charge is -2.26. The third-order valence-electron chi connectivity index (χ3n) is 3.41. The molecular weight excluding hydrogens is 279 g/mol. The second-order valence-corrected chi connectivity index (χ2v) is 7.60. The van der Waals surface area contributed by atoms with Crippen molar-refractivity contribution in [1.29, 1.82) is 0 Å². The number of aryl methyl sites for hydroxylation is 1. The van der Waals surface area contributed by atoms with Crippen molar-refractivity contribution in [2.45, 2.75) is 45.1 Å². The summed E-state index contributed by atoms with van der Waals surface area (Å²) in [6.07, 6.45) is 0.707. The first kappa shape index (κ1) is 16.9. The van der Waals surface area contributed by atoms with Crippen LogP contribution in [0.2, 0.25) is 0 Å². The zero-order chi connectivity index (χ0) is 15.7. The maximum atomic E-state index is 14.0. The smallest absolute Gasteiger partial charge is 0.246 e. The summed E-state index contributed by atoms with van der Waals surface area (Å²) in [5, 5.41) is 0. The van der Waals surface area contributed by atoms with E-state index < -0.39 is 15.8 Å². The Morgan fingerprint density at radius 1 is 1.30 bits per heavy atom. The number of anilines is 1. The Morgan fingerprint density at radius 3 is 2.35 bits per heavy atom. The molecule has 1 unspecified atom stereocenters. The molecule has 0 amide bonds. The van der Waals surface area contributed by atoms with Crippen molar-refractivity contribution in [1.82, 2.24) is 4.31 Å². The highest BCUT2D eigenvalue weighted by molar-refractivity contribution is 7.89. The molecule has 114 valence electrons. The Morgan fingerprint density at radius 2 is 1.85 bits per heavy atom. The quantitative estimate of drug-likeness (QED) is 0.851. The van der Waals surface area contributed by atoms with Crippen LogP contribution in [0.4, 0.5) is 10.1 Å². The second-order valence-electron chi connectivity index (χ2n) is 5.64. The molecular formula is C14H23FN2O2S. The molecule has 0 fully saturated rings. The molecule has 0 saturated carbocycles. The lowest BCUT2D eigenvalue weighted by molar-refractivity contribution is 0.336. The summed E-state index contributed by atoms with van der Waals surface area (Å²) in [5.41, 5.74) is 6.49. The molecule has 0 bridgehead atoms. The van der Waals surface area contributed by atoms with Crippen LogP contribution in [0.25, 0.3) is 0 Å². The van der Waals surface area contributed by atoms with E-state index in [-0.39, 0.29) is 16.6 Å². The Bertz CT molecular complexity index is 585. The van der Waals surface area contributed by atoms with Gasteiger partial charge in [-0.1, -0.05) is 13.8 Å². The van der Waals surface area contributed by atoms with E-state index in [1.54, 1.807) is 6.92 Å². The van der Waals surface area contributed by atoms with E-state index in [9.17, 15) is 12.8 Å². The maximum Gasteiger partial charge on any atom is 0.246 e. The van der Waals surface area contributed by atoms with Crippen molar-refractivity contribution < 1.29 is 12.8 Å². The van der Waals surface area contributed by atoms with E-state index in [1.165, 1.54) is 17.4 Å². The molecule has 0 heterocycles. The van der Waals surface area contributed by atoms with Crippen molar-refractivity contribution in [3.8, 4) is 0 Å². The minimum atomic E-state index is -3.88. The number of sulfonamides is 1. The molecule has 1 atom stereocenters. The van der Waals surface area contributed by atoms with Gasteiger partial charge in [0.1, 0.15) is 10.7 Å². The monoisotopic (exact) mass is 302 g/mol. The van der Waals surface area contributed by atoms with Gasteiger partial charge in [-0.3, -0.25) is 0 Å². The lowest BCUT2D eigenvalue weighted by atomic mass is 10.1. The van der Waals surface area contributed by atoms with Gasteiger partial charge in [0, 0.05) is 18.8 Å². The van der Waals surface area contributed by atoms with Crippen LogP contribution >= 0.6 is 0 Å². The third-order valence-corrected chi connectivity index (χ3v) is 5.40. The minimum absolute atomic E-state index is 0.207. The van der Waals surface area contributed by atoms with Crippen molar-refractivity contribution in [3.63, 3.8) is 0 Å². The molecule has 0 aromatic heterocycles. The summed E-state index contributed by atoms with van der Waals surface area (Å²) in [5.74, 6) is -0.407. The molecule has 20 heavy (non-hydrogen) atoms. The van der Waals surface area contributed by atoms with Crippen LogP contribution in [0.15, 0.2) is 17.0 Å². The average Bonchev–Trinajstić information content (AvgIpc) is 2.31. The number of rotatable bonds is 5. The Balaban J connectivity index is 3.20. The summed E-state index contributed by atoms with van der Waals surface area (Å²) in [6.45, 7) is 7.48. The van der Waals surface area contributed by atoms with Crippen molar-refractivity contribution in [2.75, 3.05) is 12.8 Å². The number of hydrogen-bond acceptors (Lipinski definition) is 3. The van der Waals surface area contributed by atoms with Crippen molar-refractivity contribution >= 4 is 15.7 Å². The highest BCUT2D eigenvalue weighted by atomic mass is 32.2. The SMILES string of the molecule is Cc1cc(F)c(S(=O)(=O)N(C)C(C)CC(C)C)cc1N. The predicted octanol–water partition coefficient (Wildman–Crippen LogP) is 2.77. The number of benzene rings is 1. The summed E-state index contributed by atoms with van der Waals surface area (Å²) < 4.78 is 40.1. The summed E-state index contributed by atoms with van der Waals surface area (Å²) in [4.78, 5) is -0.362. The number of nitrogens with zero attached hydrogens (tertiary/aromatic N) is 1. The number of halogens is 1. The third kappa shape index (κ3) is 3.49. The first-order valence-corrected chi connectivity index (χ1v) is 8.05. The minimum Gasteiger partial charge on any atom is -0.398 e. The maximum absolute atomic E-state index is 14.0. The van der Waals surface area contributed by atoms with Gasteiger partial charge >= 0.3 is 0 Å². The Kier molecular flexibility index (Phi) is 5.15. The lowest BCUT2D eigenvalue weighted by Crippen LogP contribution is -2.36. The molecule has 0 radical (unpaired) electrons. The van der Waals surface area contributed by atoms with Crippen LogP contribution in [0.3, 0.4) is 0 Å². The first-order valence-electron chi connectivity index (χ1n) is 6.61. The normalized spacial score (nSPS) is 14.0. The van der Waals surface area contributed by atoms with Crippen LogP contribution in [-0.4, -0.2) is 25.8 Å². The van der Waals surface area contributed by atoms with Crippen LogP contribution in [0.5, 0.6) is 0 Å². The van der Waals surface area contributed by atoms with Crippen molar-refractivity contribution in [2.24, 2.45) is 5.92 Å². The van der Waals surface area contributed by atoms with Crippen molar-refractivity contribution in [3.05, 3.63) is 23.5 Å². The number of nitrogen functional groups attached to an aromatic ring is 1. The fraction of sp³-hybridized carbons (Fsp3) is 0.571. The van der Waals surface area contributed by atoms with E-state index in [0.29, 0.717) is 17.9 Å². The molecule has 1 aromatic carbocycles. The van der Waals surface area contributed by atoms with E-state index in [4.69, 9.17) is 5.73 Å². The van der Waals surface area contributed by atoms with Gasteiger partial charge in [-0.2, -0.15) is 4.31 Å². The highest BCUT2D eigenvalue weighted by Crippen LogP contribution is 2.26. The van der Waals surface area contributed by atoms with Gasteiger partial charge in [0.05, 0.1) is 0 Å². The molecule has 0 saturated heterocycles. The Labute approximate surface area is 120 Å². The van der Waals surface area contributed by atoms with Gasteiger partial charge in [-0.15, -0.1) is 0 Å². The van der Waals surface area contributed by atoms with E-state index in [2.05, 4.69) is 0 Å². The molecule has 0 aliphatic carbocycles. The largest absolute Gasteiger partial charge is 0.398 e. The molecule has 0 spiro atoms. The van der Waals surface area contributed by atoms with E-state index >= 15 is 0 Å². The first-order chi connectivity index (χ1) is 9.07. The fourth-order valence-electron chi connectivity index (χ4n) is 2.09. The Hall–Kier alpha value is -1.14. The van der Waals surface area contributed by atoms with Crippen LogP contribution in [-0.2, 0) is 10.0 Å². The second kappa shape index (κ2) is 6.10. The zero-order valence-corrected chi connectivity index (χ0v) is 13.5. The fourth-order valence-corrected chi connectivity index (χ4v) is 3.54. The summed E-state index contributed by atoms with van der Waals surface area (Å²) in [7, 11) is -2.41. The molecule has 1 aromatic rings. The van der Waals surface area contributed by atoms with Gasteiger partial charge in [-0.05, 0) is 43.9 Å². The standard InChI is InChI=1S/C14H23FN2O2S/c1-9(2)6-11(4)17(5)20(18,19)14-8-13(16)10(3)7-12(14)15/h7-9,11H,6,16H2,1-5H3. The number of nitrogens with two attached hydrogens (primary N) is 1. The van der Waals surface area contributed by atoms with Crippen LogP contribution in [0.1, 0.15) is 32.8 Å². The predicted molar refractivity (Wildman–Crippen MR) is 79.4 cm³/mol. The molecule has 6 heteroatoms. The van der Waals surface area contributed by atoms with Gasteiger partial charge in [-0.25, -0.2) is 12.8 Å². The van der Waals surface area contributed by atoms with Crippen LogP contribution in [0, 0.1) is 18.7 Å².